The fourth-order valence-electron chi connectivity index (χ4n) is 2.17. The average molecular weight is 221 g/mol. The first-order valence-corrected chi connectivity index (χ1v) is 5.73. The summed E-state index contributed by atoms with van der Waals surface area (Å²) >= 11 is 0. The summed E-state index contributed by atoms with van der Waals surface area (Å²) in [5.74, 6) is 0. The minimum absolute atomic E-state index is 0.438. The molecule has 1 aromatic heterocycles. The topological polar surface area (TPSA) is 39.1 Å². The lowest BCUT2D eigenvalue weighted by Crippen LogP contribution is -2.26. The lowest BCUT2D eigenvalue weighted by atomic mass is 10.2. The van der Waals surface area contributed by atoms with Gasteiger partial charge in [-0.25, -0.2) is 4.68 Å². The van der Waals surface area contributed by atoms with Crippen LogP contribution in [0.15, 0.2) is 19.0 Å². The van der Waals surface area contributed by atoms with Gasteiger partial charge < -0.3 is 10.1 Å². The molecule has 0 bridgehead atoms. The van der Waals surface area contributed by atoms with Gasteiger partial charge in [0.15, 0.2) is 0 Å². The van der Waals surface area contributed by atoms with E-state index in [0.717, 1.165) is 13.0 Å². The van der Waals surface area contributed by atoms with E-state index in [1.54, 1.807) is 18.0 Å². The minimum Gasteiger partial charge on any atom is -0.381 e. The predicted molar refractivity (Wildman–Crippen MR) is 63.9 cm³/mol. The highest BCUT2D eigenvalue weighted by Gasteiger charge is 2.23. The second-order valence-electron chi connectivity index (χ2n) is 4.26. The van der Waals surface area contributed by atoms with Crippen molar-refractivity contribution in [3.63, 3.8) is 0 Å². The maximum Gasteiger partial charge on any atom is 0.0586 e. The lowest BCUT2D eigenvalue weighted by molar-refractivity contribution is 0.107. The van der Waals surface area contributed by atoms with Gasteiger partial charge in [0.05, 0.1) is 12.3 Å². The first-order chi connectivity index (χ1) is 7.81. The van der Waals surface area contributed by atoms with Gasteiger partial charge in [-0.15, -0.1) is 0 Å². The molecule has 1 aliphatic carbocycles. The Morgan fingerprint density at radius 2 is 2.56 bits per heavy atom. The Morgan fingerprint density at radius 1 is 1.69 bits per heavy atom. The van der Waals surface area contributed by atoms with E-state index < -0.39 is 0 Å². The van der Waals surface area contributed by atoms with Crippen LogP contribution in [0.25, 0.3) is 6.20 Å². The summed E-state index contributed by atoms with van der Waals surface area (Å²) in [6.45, 7) is 4.54. The zero-order valence-corrected chi connectivity index (χ0v) is 9.72. The van der Waals surface area contributed by atoms with E-state index >= 15 is 0 Å². The molecule has 1 N–H and O–H groups in total. The van der Waals surface area contributed by atoms with Crippen LogP contribution >= 0.6 is 0 Å². The summed E-state index contributed by atoms with van der Waals surface area (Å²) in [6.07, 6.45) is 9.48. The van der Waals surface area contributed by atoms with Crippen LogP contribution in [-0.4, -0.2) is 29.0 Å². The van der Waals surface area contributed by atoms with Crippen molar-refractivity contribution in [3.05, 3.63) is 24.5 Å². The molecule has 1 heterocycles. The lowest BCUT2D eigenvalue weighted by Gasteiger charge is -2.11. The molecule has 0 aromatic carbocycles. The van der Waals surface area contributed by atoms with Crippen molar-refractivity contribution in [2.45, 2.75) is 38.0 Å². The summed E-state index contributed by atoms with van der Waals surface area (Å²) in [4.78, 5) is 0. The van der Waals surface area contributed by atoms with Crippen LogP contribution in [0.4, 0.5) is 0 Å². The van der Waals surface area contributed by atoms with Crippen LogP contribution in [0.1, 0.15) is 24.8 Å². The van der Waals surface area contributed by atoms with Crippen molar-refractivity contribution in [1.82, 2.24) is 15.1 Å². The van der Waals surface area contributed by atoms with E-state index in [0.29, 0.717) is 12.1 Å². The predicted octanol–water partition coefficient (Wildman–Crippen LogP) is 1.64. The summed E-state index contributed by atoms with van der Waals surface area (Å²) in [5.41, 5.74) is 1.20. The Balaban J connectivity index is 1.77. The van der Waals surface area contributed by atoms with Gasteiger partial charge in [0.25, 0.3) is 0 Å². The Morgan fingerprint density at radius 3 is 3.19 bits per heavy atom. The highest BCUT2D eigenvalue weighted by Crippen LogP contribution is 2.21. The molecule has 1 aliphatic rings. The Labute approximate surface area is 96.3 Å². The van der Waals surface area contributed by atoms with E-state index in [-0.39, 0.29) is 0 Å². The first-order valence-electron chi connectivity index (χ1n) is 5.73. The highest BCUT2D eigenvalue weighted by atomic mass is 16.5. The van der Waals surface area contributed by atoms with Crippen LogP contribution in [0.5, 0.6) is 0 Å². The number of hydrogen-bond acceptors (Lipinski definition) is 3. The smallest absolute Gasteiger partial charge is 0.0586 e. The maximum absolute atomic E-state index is 5.35. The molecule has 1 saturated carbocycles. The number of methoxy groups -OCH3 is 1. The Hall–Kier alpha value is -1.13. The van der Waals surface area contributed by atoms with Gasteiger partial charge in [0.1, 0.15) is 0 Å². The maximum atomic E-state index is 5.35. The van der Waals surface area contributed by atoms with Crippen molar-refractivity contribution in [2.75, 3.05) is 7.11 Å². The molecular formula is C12H19N3O. The quantitative estimate of drug-likeness (QED) is 0.821. The van der Waals surface area contributed by atoms with Gasteiger partial charge in [-0.2, -0.15) is 5.10 Å². The SMILES string of the molecule is C=Cn1cc(CNC2CCC(OC)C2)cn1. The van der Waals surface area contributed by atoms with E-state index in [4.69, 9.17) is 4.74 Å². The molecule has 4 heteroatoms. The number of nitrogens with one attached hydrogen (secondary N) is 1. The molecular weight excluding hydrogens is 202 g/mol. The highest BCUT2D eigenvalue weighted by molar-refractivity contribution is 5.17. The molecule has 4 nitrogen and oxygen atoms in total. The minimum atomic E-state index is 0.438. The molecule has 0 radical (unpaired) electrons. The third-order valence-electron chi connectivity index (χ3n) is 3.15. The number of rotatable bonds is 5. The zero-order valence-electron chi connectivity index (χ0n) is 9.72. The largest absolute Gasteiger partial charge is 0.381 e. The molecule has 2 unspecified atom stereocenters. The van der Waals surface area contributed by atoms with Crippen molar-refractivity contribution in [1.29, 1.82) is 0 Å². The first kappa shape index (κ1) is 11.4. The molecule has 0 saturated heterocycles. The van der Waals surface area contributed by atoms with Crippen molar-refractivity contribution >= 4 is 6.20 Å². The van der Waals surface area contributed by atoms with E-state index in [9.17, 15) is 0 Å². The molecule has 1 fully saturated rings. The summed E-state index contributed by atoms with van der Waals surface area (Å²) in [5, 5.41) is 7.68. The van der Waals surface area contributed by atoms with Crippen LogP contribution in [-0.2, 0) is 11.3 Å². The number of hydrogen-bond donors (Lipinski definition) is 1. The van der Waals surface area contributed by atoms with Gasteiger partial charge in [0, 0.05) is 37.7 Å². The van der Waals surface area contributed by atoms with Crippen LogP contribution < -0.4 is 5.32 Å². The van der Waals surface area contributed by atoms with Gasteiger partial charge in [-0.1, -0.05) is 6.58 Å². The van der Waals surface area contributed by atoms with Crippen molar-refractivity contribution in [3.8, 4) is 0 Å². The third-order valence-corrected chi connectivity index (χ3v) is 3.15. The molecule has 2 atom stereocenters. The van der Waals surface area contributed by atoms with E-state index in [1.165, 1.54) is 18.4 Å². The normalized spacial score (nSPS) is 24.8. The molecule has 0 amide bonds. The number of aromatic nitrogens is 2. The summed E-state index contributed by atoms with van der Waals surface area (Å²) < 4.78 is 7.07. The van der Waals surface area contributed by atoms with Crippen molar-refractivity contribution < 1.29 is 4.74 Å². The van der Waals surface area contributed by atoms with Gasteiger partial charge in [-0.05, 0) is 19.3 Å². The average Bonchev–Trinajstić information content (AvgIpc) is 2.95. The molecule has 88 valence electrons. The standard InChI is InChI=1S/C12H19N3O/c1-3-15-9-10(8-14-15)7-13-11-4-5-12(6-11)16-2/h3,8-9,11-13H,1,4-7H2,2H3. The number of nitrogens with zero attached hydrogens (tertiary/aromatic N) is 2. The fraction of sp³-hybridized carbons (Fsp3) is 0.583. The molecule has 0 aliphatic heterocycles. The molecule has 16 heavy (non-hydrogen) atoms. The Bertz CT molecular complexity index is 348. The van der Waals surface area contributed by atoms with Crippen molar-refractivity contribution in [2.24, 2.45) is 0 Å². The zero-order chi connectivity index (χ0) is 11.4. The summed E-state index contributed by atoms with van der Waals surface area (Å²) in [7, 11) is 1.79. The van der Waals surface area contributed by atoms with Crippen LogP contribution in [0.2, 0.25) is 0 Å². The van der Waals surface area contributed by atoms with Gasteiger partial charge in [0.2, 0.25) is 0 Å². The molecule has 0 spiro atoms. The summed E-state index contributed by atoms with van der Waals surface area (Å²) in [6, 6.07) is 0.581. The Kier molecular flexibility index (Phi) is 3.74. The fourth-order valence-corrected chi connectivity index (χ4v) is 2.17. The van der Waals surface area contributed by atoms with Crippen LogP contribution in [0.3, 0.4) is 0 Å². The van der Waals surface area contributed by atoms with Crippen LogP contribution in [0, 0.1) is 0 Å². The molecule has 1 aromatic rings. The van der Waals surface area contributed by atoms with Gasteiger partial charge >= 0.3 is 0 Å². The van der Waals surface area contributed by atoms with E-state index in [2.05, 4.69) is 17.0 Å². The third kappa shape index (κ3) is 2.71. The monoisotopic (exact) mass is 221 g/mol. The van der Waals surface area contributed by atoms with Gasteiger partial charge in [-0.3, -0.25) is 0 Å². The van der Waals surface area contributed by atoms with E-state index in [1.807, 2.05) is 12.4 Å². The second-order valence-corrected chi connectivity index (χ2v) is 4.26. The number of ether oxygens (including phenoxy) is 1. The molecule has 2 rings (SSSR count). The second kappa shape index (κ2) is 5.27.